The van der Waals surface area contributed by atoms with Crippen LogP contribution in [-0.4, -0.2) is 55.1 Å². The largest absolute Gasteiger partial charge is 0.369 e. The molecule has 8 heteroatoms. The second-order valence-electron chi connectivity index (χ2n) is 6.79. The number of Topliss-reactive ketones (excluding diaryl/α,β-unsaturated/α-hetero) is 1. The SMILES string of the molecule is CC(=O)c1ccc(N2CCN(CC(=O)Nc3ccccc3SC(F)F)CC2)cc1. The molecular formula is C21H23F2N3O2S. The summed E-state index contributed by atoms with van der Waals surface area (Å²) in [5.74, 6) is -2.71. The minimum absolute atomic E-state index is 0.0425. The molecule has 0 aliphatic carbocycles. The lowest BCUT2D eigenvalue weighted by Gasteiger charge is -2.35. The summed E-state index contributed by atoms with van der Waals surface area (Å²) in [6.07, 6.45) is 0. The van der Waals surface area contributed by atoms with Crippen LogP contribution in [0, 0.1) is 0 Å². The molecule has 0 bridgehead atoms. The third-order valence-electron chi connectivity index (χ3n) is 4.76. The number of ketones is 1. The Hall–Kier alpha value is -2.45. The first kappa shape index (κ1) is 21.3. The first-order chi connectivity index (χ1) is 13.9. The average molecular weight is 419 g/mol. The summed E-state index contributed by atoms with van der Waals surface area (Å²) in [4.78, 5) is 28.4. The lowest BCUT2D eigenvalue weighted by molar-refractivity contribution is -0.117. The van der Waals surface area contributed by atoms with Crippen LogP contribution in [0.1, 0.15) is 17.3 Å². The molecule has 0 atom stereocenters. The fourth-order valence-electron chi connectivity index (χ4n) is 3.23. The second-order valence-corrected chi connectivity index (χ2v) is 7.82. The van der Waals surface area contributed by atoms with Gasteiger partial charge in [0.25, 0.3) is 5.76 Å². The summed E-state index contributed by atoms with van der Waals surface area (Å²) < 4.78 is 25.3. The highest BCUT2D eigenvalue weighted by Gasteiger charge is 2.20. The average Bonchev–Trinajstić information content (AvgIpc) is 2.70. The molecule has 2 aromatic rings. The summed E-state index contributed by atoms with van der Waals surface area (Å²) in [5.41, 5.74) is 2.15. The van der Waals surface area contributed by atoms with E-state index in [1.807, 2.05) is 29.2 Å². The maximum Gasteiger partial charge on any atom is 0.288 e. The molecule has 1 saturated heterocycles. The normalized spacial score (nSPS) is 14.8. The van der Waals surface area contributed by atoms with Gasteiger partial charge in [0, 0.05) is 42.3 Å². The highest BCUT2D eigenvalue weighted by Crippen LogP contribution is 2.31. The number of hydrogen-bond acceptors (Lipinski definition) is 5. The number of anilines is 2. The maximum atomic E-state index is 12.7. The standard InChI is InChI=1S/C21H23F2N3O2S/c1-15(27)16-6-8-17(9-7-16)26-12-10-25(11-13-26)14-20(28)24-18-4-2-3-5-19(18)29-21(22)23/h2-9,21H,10-14H2,1H3,(H,24,28). The monoisotopic (exact) mass is 419 g/mol. The summed E-state index contributed by atoms with van der Waals surface area (Å²) in [6, 6.07) is 14.1. The van der Waals surface area contributed by atoms with E-state index in [1.54, 1.807) is 31.2 Å². The van der Waals surface area contributed by atoms with E-state index in [9.17, 15) is 18.4 Å². The van der Waals surface area contributed by atoms with Crippen LogP contribution < -0.4 is 10.2 Å². The highest BCUT2D eigenvalue weighted by molar-refractivity contribution is 7.99. The Bertz CT molecular complexity index is 853. The Kier molecular flexibility index (Phi) is 7.22. The number of carbonyl (C=O) groups excluding carboxylic acids is 2. The number of nitrogens with zero attached hydrogens (tertiary/aromatic N) is 2. The molecule has 1 aliphatic rings. The maximum absolute atomic E-state index is 12.7. The van der Waals surface area contributed by atoms with Crippen molar-refractivity contribution in [3.63, 3.8) is 0 Å². The lowest BCUT2D eigenvalue weighted by atomic mass is 10.1. The van der Waals surface area contributed by atoms with Crippen LogP contribution in [0.2, 0.25) is 0 Å². The van der Waals surface area contributed by atoms with E-state index >= 15 is 0 Å². The van der Waals surface area contributed by atoms with Crippen molar-refractivity contribution in [3.8, 4) is 0 Å². The highest BCUT2D eigenvalue weighted by atomic mass is 32.2. The van der Waals surface area contributed by atoms with Gasteiger partial charge in [0.05, 0.1) is 12.2 Å². The van der Waals surface area contributed by atoms with E-state index in [0.29, 0.717) is 27.9 Å². The zero-order chi connectivity index (χ0) is 20.8. The van der Waals surface area contributed by atoms with Crippen molar-refractivity contribution < 1.29 is 18.4 Å². The molecule has 1 heterocycles. The quantitative estimate of drug-likeness (QED) is 0.544. The Labute approximate surface area is 173 Å². The van der Waals surface area contributed by atoms with Crippen LogP contribution >= 0.6 is 11.8 Å². The van der Waals surface area contributed by atoms with Crippen molar-refractivity contribution in [3.05, 3.63) is 54.1 Å². The number of nitrogens with one attached hydrogen (secondary N) is 1. The van der Waals surface area contributed by atoms with Gasteiger partial charge in [-0.2, -0.15) is 8.78 Å². The summed E-state index contributed by atoms with van der Waals surface area (Å²) >= 11 is 0.424. The van der Waals surface area contributed by atoms with Gasteiger partial charge >= 0.3 is 0 Å². The summed E-state index contributed by atoms with van der Waals surface area (Å²) in [5, 5.41) is 2.74. The zero-order valence-electron chi connectivity index (χ0n) is 16.1. The first-order valence-corrected chi connectivity index (χ1v) is 10.2. The predicted octanol–water partition coefficient (Wildman–Crippen LogP) is 3.96. The number of hydrogen-bond donors (Lipinski definition) is 1. The van der Waals surface area contributed by atoms with Gasteiger partial charge in [-0.1, -0.05) is 23.9 Å². The Morgan fingerprint density at radius 3 is 2.31 bits per heavy atom. The number of rotatable bonds is 7. The van der Waals surface area contributed by atoms with Gasteiger partial charge in [-0.3, -0.25) is 14.5 Å². The molecule has 1 aliphatic heterocycles. The van der Waals surface area contributed by atoms with Crippen molar-refractivity contribution in [2.75, 3.05) is 42.9 Å². The van der Waals surface area contributed by atoms with Gasteiger partial charge in [0.15, 0.2) is 5.78 Å². The molecule has 1 fully saturated rings. The van der Waals surface area contributed by atoms with Crippen LogP contribution in [0.25, 0.3) is 0 Å². The van der Waals surface area contributed by atoms with Gasteiger partial charge < -0.3 is 10.2 Å². The van der Waals surface area contributed by atoms with E-state index in [-0.39, 0.29) is 18.2 Å². The number of carbonyl (C=O) groups is 2. The van der Waals surface area contributed by atoms with Crippen LogP contribution in [0.5, 0.6) is 0 Å². The Morgan fingerprint density at radius 2 is 1.69 bits per heavy atom. The molecule has 0 radical (unpaired) electrons. The summed E-state index contributed by atoms with van der Waals surface area (Å²) in [7, 11) is 0. The second kappa shape index (κ2) is 9.84. The zero-order valence-corrected chi connectivity index (χ0v) is 16.9. The minimum Gasteiger partial charge on any atom is -0.369 e. The van der Waals surface area contributed by atoms with Crippen LogP contribution in [0.3, 0.4) is 0 Å². The molecule has 2 aromatic carbocycles. The molecule has 3 rings (SSSR count). The number of benzene rings is 2. The third kappa shape index (κ3) is 6.01. The van der Waals surface area contributed by atoms with Crippen LogP contribution in [0.4, 0.5) is 20.2 Å². The lowest BCUT2D eigenvalue weighted by Crippen LogP contribution is -2.48. The Morgan fingerprint density at radius 1 is 1.03 bits per heavy atom. The molecule has 5 nitrogen and oxygen atoms in total. The van der Waals surface area contributed by atoms with E-state index < -0.39 is 5.76 Å². The van der Waals surface area contributed by atoms with Gasteiger partial charge in [0.2, 0.25) is 5.91 Å². The van der Waals surface area contributed by atoms with Gasteiger partial charge in [-0.05, 0) is 43.3 Å². The van der Waals surface area contributed by atoms with Gasteiger partial charge in [0.1, 0.15) is 0 Å². The Balaban J connectivity index is 1.50. The predicted molar refractivity (Wildman–Crippen MR) is 112 cm³/mol. The summed E-state index contributed by atoms with van der Waals surface area (Å²) in [6.45, 7) is 4.73. The van der Waals surface area contributed by atoms with Crippen molar-refractivity contribution in [2.45, 2.75) is 17.6 Å². The van der Waals surface area contributed by atoms with Crippen LogP contribution in [0.15, 0.2) is 53.4 Å². The van der Waals surface area contributed by atoms with Crippen molar-refractivity contribution in [1.29, 1.82) is 0 Å². The first-order valence-electron chi connectivity index (χ1n) is 9.34. The van der Waals surface area contributed by atoms with E-state index in [0.717, 1.165) is 31.9 Å². The number of amides is 1. The van der Waals surface area contributed by atoms with Crippen molar-refractivity contribution in [1.82, 2.24) is 4.90 Å². The van der Waals surface area contributed by atoms with E-state index in [4.69, 9.17) is 0 Å². The fraction of sp³-hybridized carbons (Fsp3) is 0.333. The van der Waals surface area contributed by atoms with E-state index in [2.05, 4.69) is 10.2 Å². The van der Waals surface area contributed by atoms with Crippen molar-refractivity contribution >= 4 is 34.8 Å². The van der Waals surface area contributed by atoms with Gasteiger partial charge in [-0.25, -0.2) is 0 Å². The smallest absolute Gasteiger partial charge is 0.288 e. The molecule has 1 N–H and O–H groups in total. The fourth-order valence-corrected chi connectivity index (χ4v) is 3.83. The topological polar surface area (TPSA) is 52.7 Å². The van der Waals surface area contributed by atoms with Gasteiger partial charge in [-0.15, -0.1) is 0 Å². The number of halogens is 2. The number of alkyl halides is 2. The molecule has 0 saturated carbocycles. The van der Waals surface area contributed by atoms with Crippen LogP contribution in [-0.2, 0) is 4.79 Å². The van der Waals surface area contributed by atoms with E-state index in [1.165, 1.54) is 0 Å². The molecule has 0 aromatic heterocycles. The number of para-hydroxylation sites is 1. The number of thioether (sulfide) groups is 1. The minimum atomic E-state index is -2.54. The molecule has 29 heavy (non-hydrogen) atoms. The molecule has 0 unspecified atom stereocenters. The number of piperazine rings is 1. The van der Waals surface area contributed by atoms with Crippen molar-refractivity contribution in [2.24, 2.45) is 0 Å². The molecular weight excluding hydrogens is 396 g/mol. The molecule has 154 valence electrons. The third-order valence-corrected chi connectivity index (χ3v) is 5.54. The molecule has 0 spiro atoms. The molecule has 1 amide bonds.